The van der Waals surface area contributed by atoms with Crippen molar-refractivity contribution >= 4 is 28.9 Å². The van der Waals surface area contributed by atoms with Gasteiger partial charge in [-0.2, -0.15) is 0 Å². The molecule has 0 radical (unpaired) electrons. The summed E-state index contributed by atoms with van der Waals surface area (Å²) in [5, 5.41) is 2.08. The van der Waals surface area contributed by atoms with Crippen LogP contribution in [0.15, 0.2) is 29.9 Å². The molecule has 0 aliphatic rings. The smallest absolute Gasteiger partial charge is 0.197 e. The Bertz CT molecular complexity index is 438. The van der Waals surface area contributed by atoms with E-state index in [1.807, 2.05) is 0 Å². The number of hydrogen-bond acceptors (Lipinski definition) is 4. The van der Waals surface area contributed by atoms with Crippen LogP contribution < -0.4 is 0 Å². The predicted molar refractivity (Wildman–Crippen MR) is 54.8 cm³/mol. The van der Waals surface area contributed by atoms with Gasteiger partial charge in [0.15, 0.2) is 5.78 Å². The first kappa shape index (κ1) is 9.30. The van der Waals surface area contributed by atoms with E-state index in [0.29, 0.717) is 16.3 Å². The Balaban J connectivity index is 2.33. The summed E-state index contributed by atoms with van der Waals surface area (Å²) in [4.78, 5) is 15.5. The molecule has 0 aliphatic heterocycles. The molecular formula is C9H5ClN2OS. The summed E-state index contributed by atoms with van der Waals surface area (Å²) in [6.07, 6.45) is 3.00. The van der Waals surface area contributed by atoms with Crippen LogP contribution in [0.5, 0.6) is 0 Å². The van der Waals surface area contributed by atoms with Gasteiger partial charge in [0, 0.05) is 17.1 Å². The first-order chi connectivity index (χ1) is 6.77. The molecule has 0 N–H and O–H groups in total. The summed E-state index contributed by atoms with van der Waals surface area (Å²) in [6.45, 7) is 0. The fourth-order valence-corrected chi connectivity index (χ4v) is 1.62. The van der Waals surface area contributed by atoms with Gasteiger partial charge in [0.25, 0.3) is 0 Å². The Morgan fingerprint density at radius 3 is 2.71 bits per heavy atom. The normalized spacial score (nSPS) is 10.1. The van der Waals surface area contributed by atoms with Crippen LogP contribution in [-0.2, 0) is 0 Å². The van der Waals surface area contributed by atoms with Crippen LogP contribution in [0.1, 0.15) is 15.9 Å². The van der Waals surface area contributed by atoms with Crippen LogP contribution in [0.3, 0.4) is 0 Å². The van der Waals surface area contributed by atoms with Crippen molar-refractivity contribution in [2.24, 2.45) is 0 Å². The van der Waals surface area contributed by atoms with E-state index in [4.69, 9.17) is 11.6 Å². The summed E-state index contributed by atoms with van der Waals surface area (Å²) in [5.41, 5.74) is 1.11. The molecule has 0 saturated heterocycles. The van der Waals surface area contributed by atoms with Crippen molar-refractivity contribution < 1.29 is 4.79 Å². The first-order valence-corrected chi connectivity index (χ1v) is 5.04. The van der Waals surface area contributed by atoms with Gasteiger partial charge in [-0.15, -0.1) is 0 Å². The molecule has 2 heterocycles. The number of pyridine rings is 1. The van der Waals surface area contributed by atoms with Crippen molar-refractivity contribution in [3.05, 3.63) is 46.2 Å². The molecule has 2 rings (SSSR count). The second kappa shape index (κ2) is 3.86. The van der Waals surface area contributed by atoms with Gasteiger partial charge in [0.2, 0.25) is 0 Å². The number of halogens is 1. The molecule has 0 unspecified atom stereocenters. The standard InChI is InChI=1S/C9H5ClN2OS/c10-8-2-1-6(3-11-8)9(13)7-4-12-14-5-7/h1-5H. The maximum Gasteiger partial charge on any atom is 0.197 e. The van der Waals surface area contributed by atoms with Crippen molar-refractivity contribution in [1.29, 1.82) is 0 Å². The molecule has 3 nitrogen and oxygen atoms in total. The molecular weight excluding hydrogens is 220 g/mol. The number of hydrogen-bond donors (Lipinski definition) is 0. The topological polar surface area (TPSA) is 42.9 Å². The van der Waals surface area contributed by atoms with Gasteiger partial charge >= 0.3 is 0 Å². The fraction of sp³-hybridized carbons (Fsp3) is 0. The van der Waals surface area contributed by atoms with Gasteiger partial charge in [-0.05, 0) is 23.7 Å². The zero-order chi connectivity index (χ0) is 9.97. The zero-order valence-electron chi connectivity index (χ0n) is 6.98. The van der Waals surface area contributed by atoms with Gasteiger partial charge in [-0.25, -0.2) is 9.36 Å². The monoisotopic (exact) mass is 224 g/mol. The maximum absolute atomic E-state index is 11.7. The Labute approximate surface area is 89.5 Å². The van der Waals surface area contributed by atoms with E-state index in [1.165, 1.54) is 17.7 Å². The van der Waals surface area contributed by atoms with Crippen LogP contribution in [-0.4, -0.2) is 15.1 Å². The Morgan fingerprint density at radius 1 is 1.29 bits per heavy atom. The summed E-state index contributed by atoms with van der Waals surface area (Å²) >= 11 is 6.86. The van der Waals surface area contributed by atoms with Crippen LogP contribution in [0.25, 0.3) is 0 Å². The molecule has 5 heteroatoms. The van der Waals surface area contributed by atoms with E-state index in [2.05, 4.69) is 9.36 Å². The molecule has 0 bridgehead atoms. The number of aromatic nitrogens is 2. The SMILES string of the molecule is O=C(c1ccc(Cl)nc1)c1cnsc1. The van der Waals surface area contributed by atoms with E-state index in [-0.39, 0.29) is 5.78 Å². The minimum absolute atomic E-state index is 0.0806. The van der Waals surface area contributed by atoms with E-state index in [1.54, 1.807) is 23.7 Å². The molecule has 2 aromatic heterocycles. The number of carbonyl (C=O) groups excluding carboxylic acids is 1. The lowest BCUT2D eigenvalue weighted by molar-refractivity contribution is 0.103. The van der Waals surface area contributed by atoms with Gasteiger partial charge in [0.1, 0.15) is 5.15 Å². The highest BCUT2D eigenvalue weighted by Gasteiger charge is 2.09. The van der Waals surface area contributed by atoms with E-state index < -0.39 is 0 Å². The summed E-state index contributed by atoms with van der Waals surface area (Å²) in [7, 11) is 0. The molecule has 2 aromatic rings. The largest absolute Gasteiger partial charge is 0.288 e. The first-order valence-electron chi connectivity index (χ1n) is 3.83. The third-order valence-electron chi connectivity index (χ3n) is 1.68. The second-order valence-corrected chi connectivity index (χ2v) is 3.66. The highest BCUT2D eigenvalue weighted by molar-refractivity contribution is 7.03. The van der Waals surface area contributed by atoms with Gasteiger partial charge in [-0.3, -0.25) is 4.79 Å². The lowest BCUT2D eigenvalue weighted by atomic mass is 10.1. The summed E-state index contributed by atoms with van der Waals surface area (Å²) < 4.78 is 3.86. The molecule has 0 spiro atoms. The highest BCUT2D eigenvalue weighted by Crippen LogP contribution is 2.11. The lowest BCUT2D eigenvalue weighted by Gasteiger charge is -1.96. The third-order valence-corrected chi connectivity index (χ3v) is 2.49. The number of carbonyl (C=O) groups is 1. The average molecular weight is 225 g/mol. The van der Waals surface area contributed by atoms with Gasteiger partial charge < -0.3 is 0 Å². The molecule has 0 fully saturated rings. The van der Waals surface area contributed by atoms with Crippen molar-refractivity contribution in [3.63, 3.8) is 0 Å². The molecule has 70 valence electrons. The minimum atomic E-state index is -0.0806. The Kier molecular flexibility index (Phi) is 2.56. The highest BCUT2D eigenvalue weighted by atomic mass is 35.5. The van der Waals surface area contributed by atoms with Gasteiger partial charge in [0.05, 0.1) is 11.8 Å². The number of ketones is 1. The van der Waals surface area contributed by atoms with Crippen LogP contribution >= 0.6 is 23.1 Å². The molecule has 0 atom stereocenters. The lowest BCUT2D eigenvalue weighted by Crippen LogP contribution is -1.99. The molecule has 0 saturated carbocycles. The Hall–Kier alpha value is -1.26. The number of nitrogens with zero attached hydrogens (tertiary/aromatic N) is 2. The molecule has 0 amide bonds. The summed E-state index contributed by atoms with van der Waals surface area (Å²) in [5.74, 6) is -0.0806. The molecule has 14 heavy (non-hydrogen) atoms. The quantitative estimate of drug-likeness (QED) is 0.581. The fourth-order valence-electron chi connectivity index (χ4n) is 0.994. The van der Waals surface area contributed by atoms with Crippen molar-refractivity contribution in [1.82, 2.24) is 9.36 Å². The van der Waals surface area contributed by atoms with Crippen molar-refractivity contribution in [2.75, 3.05) is 0 Å². The van der Waals surface area contributed by atoms with E-state index in [0.717, 1.165) is 0 Å². The van der Waals surface area contributed by atoms with E-state index in [9.17, 15) is 4.79 Å². The number of rotatable bonds is 2. The van der Waals surface area contributed by atoms with Crippen LogP contribution in [0.2, 0.25) is 5.15 Å². The Morgan fingerprint density at radius 2 is 2.14 bits per heavy atom. The van der Waals surface area contributed by atoms with Crippen molar-refractivity contribution in [3.8, 4) is 0 Å². The second-order valence-electron chi connectivity index (χ2n) is 2.61. The van der Waals surface area contributed by atoms with Crippen LogP contribution in [0.4, 0.5) is 0 Å². The molecule has 0 aromatic carbocycles. The van der Waals surface area contributed by atoms with E-state index >= 15 is 0 Å². The van der Waals surface area contributed by atoms with Crippen LogP contribution in [0, 0.1) is 0 Å². The third kappa shape index (κ3) is 1.81. The minimum Gasteiger partial charge on any atom is -0.288 e. The van der Waals surface area contributed by atoms with Gasteiger partial charge in [-0.1, -0.05) is 11.6 Å². The van der Waals surface area contributed by atoms with Crippen molar-refractivity contribution in [2.45, 2.75) is 0 Å². The average Bonchev–Trinajstić information content (AvgIpc) is 2.71. The predicted octanol–water partition coefficient (Wildman–Crippen LogP) is 2.42. The molecule has 0 aliphatic carbocycles. The maximum atomic E-state index is 11.7. The zero-order valence-corrected chi connectivity index (χ0v) is 8.55. The summed E-state index contributed by atoms with van der Waals surface area (Å²) in [6, 6.07) is 3.24.